The first-order chi connectivity index (χ1) is 13.5. The minimum atomic E-state index is -0.0485. The van der Waals surface area contributed by atoms with Crippen LogP contribution < -0.4 is 5.32 Å². The molecule has 1 atom stereocenters. The number of benzene rings is 2. The van der Waals surface area contributed by atoms with Crippen LogP contribution in [0.5, 0.6) is 0 Å². The minimum Gasteiger partial charge on any atom is -0.349 e. The molecule has 0 aliphatic heterocycles. The van der Waals surface area contributed by atoms with Gasteiger partial charge in [0.05, 0.1) is 17.5 Å². The topological polar surface area (TPSA) is 72.7 Å². The Hall–Kier alpha value is -2.67. The van der Waals surface area contributed by atoms with Crippen molar-refractivity contribution in [3.05, 3.63) is 64.7 Å². The summed E-state index contributed by atoms with van der Waals surface area (Å²) in [7, 11) is 0. The Morgan fingerprint density at radius 1 is 1.18 bits per heavy atom. The molecule has 0 fully saturated rings. The van der Waals surface area contributed by atoms with E-state index in [0.29, 0.717) is 5.16 Å². The van der Waals surface area contributed by atoms with E-state index in [9.17, 15) is 4.79 Å². The fraction of sp³-hybridized carbons (Fsp3) is 0.333. The highest BCUT2D eigenvalue weighted by Gasteiger charge is 2.15. The zero-order chi connectivity index (χ0) is 20.1. The highest BCUT2D eigenvalue weighted by Crippen LogP contribution is 2.22. The molecule has 6 nitrogen and oxygen atoms in total. The summed E-state index contributed by atoms with van der Waals surface area (Å²) in [6.07, 6.45) is 1.01. The van der Waals surface area contributed by atoms with Gasteiger partial charge in [0.25, 0.3) is 0 Å². The summed E-state index contributed by atoms with van der Waals surface area (Å²) < 4.78 is 1.69. The second-order valence-electron chi connectivity index (χ2n) is 6.77. The van der Waals surface area contributed by atoms with Gasteiger partial charge in [-0.25, -0.2) is 0 Å². The minimum absolute atomic E-state index is 0.0472. The van der Waals surface area contributed by atoms with Gasteiger partial charge in [-0.3, -0.25) is 4.79 Å². The number of carbonyl (C=O) groups excluding carboxylic acids is 1. The van der Waals surface area contributed by atoms with E-state index in [4.69, 9.17) is 0 Å². The Bertz CT molecular complexity index is 952. The Balaban J connectivity index is 1.62. The second-order valence-corrected chi connectivity index (χ2v) is 7.71. The van der Waals surface area contributed by atoms with Crippen molar-refractivity contribution in [3.8, 4) is 5.69 Å². The van der Waals surface area contributed by atoms with Crippen molar-refractivity contribution in [3.63, 3.8) is 0 Å². The first-order valence-corrected chi connectivity index (χ1v) is 10.3. The zero-order valence-electron chi connectivity index (χ0n) is 16.6. The van der Waals surface area contributed by atoms with E-state index in [1.54, 1.807) is 4.68 Å². The zero-order valence-corrected chi connectivity index (χ0v) is 17.5. The monoisotopic (exact) mass is 395 g/mol. The third kappa shape index (κ3) is 4.59. The number of rotatable bonds is 7. The van der Waals surface area contributed by atoms with E-state index in [1.165, 1.54) is 22.9 Å². The van der Waals surface area contributed by atoms with E-state index in [2.05, 4.69) is 65.0 Å². The van der Waals surface area contributed by atoms with Crippen LogP contribution in [0.4, 0.5) is 0 Å². The lowest BCUT2D eigenvalue weighted by atomic mass is 10.1. The quantitative estimate of drug-likeness (QED) is 0.616. The number of hydrogen-bond acceptors (Lipinski definition) is 5. The third-order valence-corrected chi connectivity index (χ3v) is 5.76. The van der Waals surface area contributed by atoms with E-state index in [0.717, 1.165) is 23.2 Å². The van der Waals surface area contributed by atoms with E-state index >= 15 is 0 Å². The van der Waals surface area contributed by atoms with Gasteiger partial charge < -0.3 is 5.32 Å². The van der Waals surface area contributed by atoms with Gasteiger partial charge >= 0.3 is 0 Å². The van der Waals surface area contributed by atoms with E-state index < -0.39 is 0 Å². The molecule has 1 N–H and O–H groups in total. The fourth-order valence-electron chi connectivity index (χ4n) is 2.92. The molecule has 1 amide bonds. The maximum Gasteiger partial charge on any atom is 0.230 e. The molecule has 0 radical (unpaired) electrons. The maximum atomic E-state index is 12.4. The standard InChI is InChI=1S/C21H25N5OS/c1-5-17-9-11-18(12-10-17)16(4)22-20(27)13-28-21-23-24-25-26(21)19-8-6-7-14(2)15(19)3/h6-12,16H,5,13H2,1-4H3,(H,22,27)/t16-/m0/s1. The summed E-state index contributed by atoms with van der Waals surface area (Å²) in [5, 5.41) is 15.6. The molecule has 1 heterocycles. The molecule has 0 saturated carbocycles. The molecule has 7 heteroatoms. The van der Waals surface area contributed by atoms with Crippen LogP contribution in [0.3, 0.4) is 0 Å². The first kappa shape index (κ1) is 20.1. The Labute approximate surface area is 169 Å². The van der Waals surface area contributed by atoms with Crippen molar-refractivity contribution < 1.29 is 4.79 Å². The molecule has 2 aromatic carbocycles. The largest absolute Gasteiger partial charge is 0.349 e. The number of nitrogens with zero attached hydrogens (tertiary/aromatic N) is 4. The van der Waals surface area contributed by atoms with Crippen LogP contribution in [-0.2, 0) is 11.2 Å². The van der Waals surface area contributed by atoms with Crippen LogP contribution in [0, 0.1) is 13.8 Å². The molecule has 0 unspecified atom stereocenters. The molecule has 0 aliphatic rings. The molecule has 0 aliphatic carbocycles. The summed E-state index contributed by atoms with van der Waals surface area (Å²) in [6, 6.07) is 14.3. The SMILES string of the molecule is CCc1ccc([C@H](C)NC(=O)CSc2nnnn2-c2cccc(C)c2C)cc1. The highest BCUT2D eigenvalue weighted by molar-refractivity contribution is 7.99. The molecule has 3 rings (SSSR count). The van der Waals surface area contributed by atoms with Crippen molar-refractivity contribution in [2.24, 2.45) is 0 Å². The molecule has 28 heavy (non-hydrogen) atoms. The number of amides is 1. The smallest absolute Gasteiger partial charge is 0.230 e. The van der Waals surface area contributed by atoms with Crippen LogP contribution >= 0.6 is 11.8 Å². The van der Waals surface area contributed by atoms with Gasteiger partial charge in [0.1, 0.15) is 0 Å². The van der Waals surface area contributed by atoms with Crippen LogP contribution in [-0.4, -0.2) is 31.9 Å². The summed E-state index contributed by atoms with van der Waals surface area (Å²) in [5.41, 5.74) is 5.60. The summed E-state index contributed by atoms with van der Waals surface area (Å²) in [6.45, 7) is 8.21. The maximum absolute atomic E-state index is 12.4. The number of carbonyl (C=O) groups is 1. The van der Waals surface area contributed by atoms with E-state index in [-0.39, 0.29) is 17.7 Å². The second kappa shape index (κ2) is 9.01. The fourth-order valence-corrected chi connectivity index (χ4v) is 3.62. The molecule has 0 spiro atoms. The van der Waals surface area contributed by atoms with Gasteiger partial charge in [-0.2, -0.15) is 4.68 Å². The first-order valence-electron chi connectivity index (χ1n) is 9.35. The lowest BCUT2D eigenvalue weighted by Crippen LogP contribution is -2.28. The molecule has 3 aromatic rings. The number of hydrogen-bond donors (Lipinski definition) is 1. The van der Waals surface area contributed by atoms with Crippen molar-refractivity contribution >= 4 is 17.7 Å². The predicted molar refractivity (Wildman–Crippen MR) is 112 cm³/mol. The van der Waals surface area contributed by atoms with Gasteiger partial charge in [-0.05, 0) is 65.9 Å². The van der Waals surface area contributed by atoms with Gasteiger partial charge in [0, 0.05) is 0 Å². The number of aromatic nitrogens is 4. The lowest BCUT2D eigenvalue weighted by Gasteiger charge is -2.15. The summed E-state index contributed by atoms with van der Waals surface area (Å²) in [4.78, 5) is 12.4. The predicted octanol–water partition coefficient (Wildman–Crippen LogP) is 3.81. The van der Waals surface area contributed by atoms with Gasteiger partial charge in [0.15, 0.2) is 0 Å². The van der Waals surface area contributed by atoms with Crippen molar-refractivity contribution in [2.75, 3.05) is 5.75 Å². The Kier molecular flexibility index (Phi) is 6.46. The van der Waals surface area contributed by atoms with Crippen LogP contribution in [0.1, 0.15) is 42.1 Å². The normalized spacial score (nSPS) is 12.0. The number of aryl methyl sites for hydroxylation is 2. The average Bonchev–Trinajstić information content (AvgIpc) is 3.17. The number of thioether (sulfide) groups is 1. The molecule has 146 valence electrons. The van der Waals surface area contributed by atoms with Crippen LogP contribution in [0.15, 0.2) is 47.6 Å². The molecule has 0 bridgehead atoms. The van der Waals surface area contributed by atoms with Gasteiger partial charge in [0.2, 0.25) is 11.1 Å². The Morgan fingerprint density at radius 2 is 1.93 bits per heavy atom. The number of tetrazole rings is 1. The van der Waals surface area contributed by atoms with Gasteiger partial charge in [-0.15, -0.1) is 5.10 Å². The van der Waals surface area contributed by atoms with Crippen LogP contribution in [0.2, 0.25) is 0 Å². The molecular formula is C21H25N5OS. The van der Waals surface area contributed by atoms with Crippen molar-refractivity contribution in [1.29, 1.82) is 0 Å². The Morgan fingerprint density at radius 3 is 2.64 bits per heavy atom. The molecule has 0 saturated heterocycles. The van der Waals surface area contributed by atoms with Gasteiger partial charge in [-0.1, -0.05) is 55.1 Å². The van der Waals surface area contributed by atoms with Crippen molar-refractivity contribution in [2.45, 2.75) is 45.3 Å². The average molecular weight is 396 g/mol. The molecule has 1 aromatic heterocycles. The summed E-state index contributed by atoms with van der Waals surface area (Å²) in [5.74, 6) is 0.204. The van der Waals surface area contributed by atoms with Crippen molar-refractivity contribution in [1.82, 2.24) is 25.5 Å². The summed E-state index contributed by atoms with van der Waals surface area (Å²) >= 11 is 1.33. The molecular weight excluding hydrogens is 370 g/mol. The third-order valence-electron chi connectivity index (χ3n) is 4.84. The highest BCUT2D eigenvalue weighted by atomic mass is 32.2. The van der Waals surface area contributed by atoms with Crippen LogP contribution in [0.25, 0.3) is 5.69 Å². The lowest BCUT2D eigenvalue weighted by molar-refractivity contribution is -0.119. The van der Waals surface area contributed by atoms with E-state index in [1.807, 2.05) is 26.0 Å². The number of nitrogens with one attached hydrogen (secondary N) is 1.